The number of nitrogens with one attached hydrogen (secondary N) is 1. The van der Waals surface area contributed by atoms with E-state index in [1.54, 1.807) is 6.92 Å². The number of fused-ring (bicyclic) bond motifs is 1. The molecule has 2 rings (SSSR count). The summed E-state index contributed by atoms with van der Waals surface area (Å²) in [6.45, 7) is 1.59. The summed E-state index contributed by atoms with van der Waals surface area (Å²) in [7, 11) is 0. The fourth-order valence-electron chi connectivity index (χ4n) is 1.43. The highest BCUT2D eigenvalue weighted by Gasteiger charge is 2.25. The molecule has 1 atom stereocenters. The lowest BCUT2D eigenvalue weighted by molar-refractivity contribution is -0.114. The quantitative estimate of drug-likeness (QED) is 0.617. The molecule has 0 saturated heterocycles. The number of carbonyl (C=O) groups is 1. The van der Waals surface area contributed by atoms with Gasteiger partial charge in [0, 0.05) is 24.2 Å². The molecule has 0 spiro atoms. The molecule has 62 valence electrons. The Kier molecular flexibility index (Phi) is 1.50. The summed E-state index contributed by atoms with van der Waals surface area (Å²) in [4.78, 5) is 13.1. The van der Waals surface area contributed by atoms with Crippen LogP contribution in [0.4, 0.5) is 0 Å². The second-order valence-corrected chi connectivity index (χ2v) is 2.85. The second-order valence-electron chi connectivity index (χ2n) is 2.85. The van der Waals surface area contributed by atoms with E-state index in [1.165, 1.54) is 0 Å². The van der Waals surface area contributed by atoms with Gasteiger partial charge in [0.25, 0.3) is 0 Å². The van der Waals surface area contributed by atoms with Gasteiger partial charge in [0.1, 0.15) is 6.17 Å². The van der Waals surface area contributed by atoms with E-state index in [4.69, 9.17) is 0 Å². The van der Waals surface area contributed by atoms with Crippen molar-refractivity contribution in [1.29, 1.82) is 0 Å². The van der Waals surface area contributed by atoms with Crippen LogP contribution < -0.4 is 5.32 Å². The number of carbonyl (C=O) groups excluding carboxylic acids is 1. The van der Waals surface area contributed by atoms with Gasteiger partial charge in [-0.25, -0.2) is 0 Å². The highest BCUT2D eigenvalue weighted by atomic mass is 16.1. The highest BCUT2D eigenvalue weighted by molar-refractivity contribution is 5.95. The molecule has 0 amide bonds. The number of Topliss-reactive ketones (excluding diaryl/α,β-unsaturated/α-hetero) is 1. The number of allylic oxidation sites excluding steroid dienone is 2. The van der Waals surface area contributed by atoms with E-state index in [9.17, 15) is 4.79 Å². The average molecular weight is 162 g/mol. The maximum absolute atomic E-state index is 11.1. The molecule has 0 aromatic heterocycles. The number of nitrogens with zero attached hydrogens (tertiary/aromatic N) is 1. The fraction of sp³-hybridized carbons (Fsp3) is 0.222. The zero-order chi connectivity index (χ0) is 8.55. The minimum atomic E-state index is 0.0208. The Balaban J connectivity index is 2.30. The molecule has 2 aliphatic heterocycles. The molecule has 0 aliphatic carbocycles. The van der Waals surface area contributed by atoms with E-state index in [1.807, 2.05) is 35.7 Å². The molecule has 3 heteroatoms. The monoisotopic (exact) mass is 162 g/mol. The van der Waals surface area contributed by atoms with E-state index in [0.717, 1.165) is 5.57 Å². The molecule has 0 unspecified atom stereocenters. The molecular weight excluding hydrogens is 152 g/mol. The SMILES string of the molecule is CC(=O)C1=CC=CN2C=CN[C@@H]12. The predicted octanol–water partition coefficient (Wildman–Crippen LogP) is 0.732. The van der Waals surface area contributed by atoms with Crippen LogP contribution in [-0.4, -0.2) is 16.8 Å². The summed E-state index contributed by atoms with van der Waals surface area (Å²) in [5, 5.41) is 3.09. The average Bonchev–Trinajstić information content (AvgIpc) is 2.49. The smallest absolute Gasteiger partial charge is 0.159 e. The van der Waals surface area contributed by atoms with Crippen LogP contribution >= 0.6 is 0 Å². The topological polar surface area (TPSA) is 32.3 Å². The van der Waals surface area contributed by atoms with Gasteiger partial charge < -0.3 is 10.2 Å². The fourth-order valence-corrected chi connectivity index (χ4v) is 1.43. The van der Waals surface area contributed by atoms with Crippen molar-refractivity contribution in [2.75, 3.05) is 0 Å². The van der Waals surface area contributed by atoms with Crippen LogP contribution in [0.25, 0.3) is 0 Å². The summed E-state index contributed by atoms with van der Waals surface area (Å²) in [6.07, 6.45) is 9.45. The van der Waals surface area contributed by atoms with E-state index in [2.05, 4.69) is 5.32 Å². The Morgan fingerprint density at radius 2 is 2.42 bits per heavy atom. The third kappa shape index (κ3) is 0.942. The molecule has 2 aliphatic rings. The van der Waals surface area contributed by atoms with Crippen LogP contribution in [0.1, 0.15) is 6.92 Å². The molecule has 0 radical (unpaired) electrons. The zero-order valence-corrected chi connectivity index (χ0v) is 6.82. The van der Waals surface area contributed by atoms with Crippen molar-refractivity contribution in [3.05, 3.63) is 36.3 Å². The van der Waals surface area contributed by atoms with Crippen molar-refractivity contribution in [3.8, 4) is 0 Å². The lowest BCUT2D eigenvalue weighted by Crippen LogP contribution is -2.37. The standard InChI is InChI=1S/C9H10N2O/c1-7(12)8-3-2-5-11-6-4-10-9(8)11/h2-6,9-10H,1H3/t9-/m1/s1. The van der Waals surface area contributed by atoms with Crippen LogP contribution in [0.15, 0.2) is 36.3 Å². The van der Waals surface area contributed by atoms with Crippen LogP contribution in [0.2, 0.25) is 0 Å². The molecule has 0 aromatic rings. The predicted molar refractivity (Wildman–Crippen MR) is 45.8 cm³/mol. The molecule has 2 heterocycles. The Morgan fingerprint density at radius 3 is 3.17 bits per heavy atom. The maximum Gasteiger partial charge on any atom is 0.159 e. The summed E-state index contributed by atoms with van der Waals surface area (Å²) < 4.78 is 0. The number of rotatable bonds is 1. The normalized spacial score (nSPS) is 24.9. The first kappa shape index (κ1) is 7.16. The molecule has 12 heavy (non-hydrogen) atoms. The Bertz CT molecular complexity index is 302. The van der Waals surface area contributed by atoms with Crippen molar-refractivity contribution in [2.24, 2.45) is 0 Å². The summed E-state index contributed by atoms with van der Waals surface area (Å²) in [6, 6.07) is 0. The van der Waals surface area contributed by atoms with Gasteiger partial charge in [-0.3, -0.25) is 4.79 Å². The minimum Gasteiger partial charge on any atom is -0.366 e. The van der Waals surface area contributed by atoms with E-state index in [-0.39, 0.29) is 11.9 Å². The van der Waals surface area contributed by atoms with Gasteiger partial charge >= 0.3 is 0 Å². The van der Waals surface area contributed by atoms with E-state index >= 15 is 0 Å². The number of hydrogen-bond donors (Lipinski definition) is 1. The maximum atomic E-state index is 11.1. The van der Waals surface area contributed by atoms with Crippen LogP contribution in [0.5, 0.6) is 0 Å². The minimum absolute atomic E-state index is 0.0208. The van der Waals surface area contributed by atoms with Gasteiger partial charge in [-0.05, 0) is 13.0 Å². The second kappa shape index (κ2) is 2.52. The van der Waals surface area contributed by atoms with Crippen LogP contribution in [-0.2, 0) is 4.79 Å². The third-order valence-corrected chi connectivity index (χ3v) is 2.03. The molecule has 1 N–H and O–H groups in total. The molecule has 3 nitrogen and oxygen atoms in total. The summed E-state index contributed by atoms with van der Waals surface area (Å²) in [5.41, 5.74) is 0.808. The number of hydrogen-bond acceptors (Lipinski definition) is 3. The van der Waals surface area contributed by atoms with Gasteiger partial charge in [-0.15, -0.1) is 0 Å². The van der Waals surface area contributed by atoms with Crippen molar-refractivity contribution < 1.29 is 4.79 Å². The van der Waals surface area contributed by atoms with Gasteiger partial charge in [-0.2, -0.15) is 0 Å². The molecule has 0 fully saturated rings. The lowest BCUT2D eigenvalue weighted by atomic mass is 10.1. The van der Waals surface area contributed by atoms with Crippen molar-refractivity contribution in [1.82, 2.24) is 10.2 Å². The molecule has 0 aromatic carbocycles. The van der Waals surface area contributed by atoms with Gasteiger partial charge in [0.15, 0.2) is 5.78 Å². The van der Waals surface area contributed by atoms with E-state index < -0.39 is 0 Å². The van der Waals surface area contributed by atoms with E-state index in [0.29, 0.717) is 0 Å². The molecule has 0 saturated carbocycles. The van der Waals surface area contributed by atoms with Crippen molar-refractivity contribution >= 4 is 5.78 Å². The van der Waals surface area contributed by atoms with Gasteiger partial charge in [-0.1, -0.05) is 6.08 Å². The van der Waals surface area contributed by atoms with Crippen LogP contribution in [0.3, 0.4) is 0 Å². The van der Waals surface area contributed by atoms with Crippen molar-refractivity contribution in [3.63, 3.8) is 0 Å². The molecule has 0 bridgehead atoms. The van der Waals surface area contributed by atoms with Gasteiger partial charge in [0.2, 0.25) is 0 Å². The first-order chi connectivity index (χ1) is 5.79. The molecular formula is C9H10N2O. The summed E-state index contributed by atoms with van der Waals surface area (Å²) >= 11 is 0. The largest absolute Gasteiger partial charge is 0.366 e. The van der Waals surface area contributed by atoms with Crippen LogP contribution in [0, 0.1) is 0 Å². The lowest BCUT2D eigenvalue weighted by Gasteiger charge is -2.25. The van der Waals surface area contributed by atoms with Gasteiger partial charge in [0.05, 0.1) is 0 Å². The Hall–Kier alpha value is -1.51. The van der Waals surface area contributed by atoms with Crippen molar-refractivity contribution in [2.45, 2.75) is 13.1 Å². The Labute approximate surface area is 71.0 Å². The number of ketones is 1. The zero-order valence-electron chi connectivity index (χ0n) is 6.82. The summed E-state index contributed by atoms with van der Waals surface area (Å²) in [5.74, 6) is 0.116. The first-order valence-electron chi connectivity index (χ1n) is 3.88. The third-order valence-electron chi connectivity index (χ3n) is 2.03. The Morgan fingerprint density at radius 1 is 1.58 bits per heavy atom. The highest BCUT2D eigenvalue weighted by Crippen LogP contribution is 2.18. The first-order valence-corrected chi connectivity index (χ1v) is 3.88.